The minimum absolute atomic E-state index is 0.385. The number of carboxylic acid groups (broad SMARTS) is 2. The molecule has 0 aliphatic rings. The minimum atomic E-state index is -0.981. The van der Waals surface area contributed by atoms with Crippen LogP contribution in [0.5, 0.6) is 0 Å². The van der Waals surface area contributed by atoms with E-state index in [2.05, 4.69) is 6.58 Å². The number of carbonyl (C=O) groups is 2. The van der Waals surface area contributed by atoms with Crippen molar-refractivity contribution >= 4 is 11.9 Å². The molecule has 0 heterocycles. The molecule has 1 unspecified atom stereocenters. The van der Waals surface area contributed by atoms with Crippen LogP contribution >= 0.6 is 0 Å². The van der Waals surface area contributed by atoms with Crippen LogP contribution in [-0.4, -0.2) is 28.2 Å². The maximum absolute atomic E-state index is 10.4. The van der Waals surface area contributed by atoms with Crippen molar-refractivity contribution in [3.63, 3.8) is 0 Å². The summed E-state index contributed by atoms with van der Waals surface area (Å²) in [4.78, 5) is 19.6. The van der Waals surface area contributed by atoms with E-state index in [0.717, 1.165) is 11.6 Å². The molecule has 1 aromatic rings. The number of aliphatic carboxylic acids is 2. The van der Waals surface area contributed by atoms with E-state index in [1.165, 1.54) is 0 Å². The molecule has 1 rings (SSSR count). The molecular weight excluding hydrogens is 222 g/mol. The third-order valence-corrected chi connectivity index (χ3v) is 1.79. The van der Waals surface area contributed by atoms with Gasteiger partial charge in [-0.15, -0.1) is 0 Å². The van der Waals surface area contributed by atoms with Crippen molar-refractivity contribution in [1.29, 1.82) is 0 Å². The fraction of sp³-hybridized carbons (Fsp3) is 0.167. The second kappa shape index (κ2) is 8.06. The average Bonchev–Trinajstić information content (AvgIpc) is 2.31. The highest BCUT2D eigenvalue weighted by Gasteiger charge is 2.10. The molecule has 0 saturated carbocycles. The number of hydrogen-bond acceptors (Lipinski definition) is 3. The first kappa shape index (κ1) is 14.9. The summed E-state index contributed by atoms with van der Waals surface area (Å²) in [6.07, 6.45) is 1.22. The first-order valence-electron chi connectivity index (χ1n) is 4.85. The molecule has 0 radical (unpaired) electrons. The summed E-state index contributed by atoms with van der Waals surface area (Å²) in [5.41, 5.74) is 6.30. The molecule has 1 aromatic carbocycles. The molecule has 5 heteroatoms. The lowest BCUT2D eigenvalue weighted by Gasteiger charge is -2.04. The van der Waals surface area contributed by atoms with Crippen molar-refractivity contribution in [3.05, 3.63) is 48.6 Å². The zero-order valence-corrected chi connectivity index (χ0v) is 9.24. The fourth-order valence-electron chi connectivity index (χ4n) is 0.955. The van der Waals surface area contributed by atoms with Crippen molar-refractivity contribution in [2.24, 2.45) is 5.73 Å². The van der Waals surface area contributed by atoms with E-state index in [4.69, 9.17) is 15.9 Å². The molecule has 0 bridgehead atoms. The number of benzene rings is 1. The molecule has 0 spiro atoms. The van der Waals surface area contributed by atoms with Crippen molar-refractivity contribution in [2.75, 3.05) is 0 Å². The predicted octanol–water partition coefficient (Wildman–Crippen LogP) is 0.898. The predicted molar refractivity (Wildman–Crippen MR) is 63.6 cm³/mol. The molecule has 92 valence electrons. The highest BCUT2D eigenvalue weighted by atomic mass is 16.4. The SMILES string of the molecule is C=CC(=O)O.NC(Cc1ccccc1)C(=O)O. The lowest BCUT2D eigenvalue weighted by atomic mass is 10.1. The van der Waals surface area contributed by atoms with Crippen LogP contribution in [-0.2, 0) is 16.0 Å². The Morgan fingerprint density at radius 3 is 2.12 bits per heavy atom. The number of carboxylic acids is 2. The second-order valence-electron chi connectivity index (χ2n) is 3.18. The Morgan fingerprint density at radius 2 is 1.76 bits per heavy atom. The van der Waals surface area contributed by atoms with Gasteiger partial charge in [-0.1, -0.05) is 36.9 Å². The Hall–Kier alpha value is -2.14. The topological polar surface area (TPSA) is 101 Å². The van der Waals surface area contributed by atoms with Gasteiger partial charge in [-0.3, -0.25) is 4.79 Å². The average molecular weight is 237 g/mol. The normalized spacial score (nSPS) is 10.6. The van der Waals surface area contributed by atoms with E-state index in [-0.39, 0.29) is 0 Å². The van der Waals surface area contributed by atoms with Crippen LogP contribution in [0.25, 0.3) is 0 Å². The number of nitrogens with two attached hydrogens (primary N) is 1. The van der Waals surface area contributed by atoms with E-state index in [1.807, 2.05) is 30.3 Å². The fourth-order valence-corrected chi connectivity index (χ4v) is 0.955. The summed E-state index contributed by atoms with van der Waals surface area (Å²) < 4.78 is 0. The Morgan fingerprint density at radius 1 is 1.29 bits per heavy atom. The third kappa shape index (κ3) is 7.75. The molecule has 0 aromatic heterocycles. The summed E-state index contributed by atoms with van der Waals surface area (Å²) in [7, 11) is 0. The monoisotopic (exact) mass is 237 g/mol. The summed E-state index contributed by atoms with van der Waals surface area (Å²) in [6, 6.07) is 8.54. The quantitative estimate of drug-likeness (QED) is 0.675. The molecule has 4 N–H and O–H groups in total. The van der Waals surface area contributed by atoms with Crippen molar-refractivity contribution in [1.82, 2.24) is 0 Å². The van der Waals surface area contributed by atoms with Gasteiger partial charge in [0.2, 0.25) is 0 Å². The zero-order valence-electron chi connectivity index (χ0n) is 9.24. The van der Waals surface area contributed by atoms with Crippen LogP contribution in [0.15, 0.2) is 43.0 Å². The van der Waals surface area contributed by atoms with E-state index in [1.54, 1.807) is 0 Å². The number of hydrogen-bond donors (Lipinski definition) is 3. The Labute approximate surface area is 99.2 Å². The highest BCUT2D eigenvalue weighted by Crippen LogP contribution is 2.01. The van der Waals surface area contributed by atoms with Gasteiger partial charge >= 0.3 is 11.9 Å². The molecular formula is C12H15NO4. The molecule has 1 atom stereocenters. The summed E-state index contributed by atoms with van der Waals surface area (Å²) >= 11 is 0. The van der Waals surface area contributed by atoms with Crippen molar-refractivity contribution in [3.8, 4) is 0 Å². The van der Waals surface area contributed by atoms with E-state index < -0.39 is 18.0 Å². The second-order valence-corrected chi connectivity index (χ2v) is 3.18. The smallest absolute Gasteiger partial charge is 0.327 e. The molecule has 0 amide bonds. The van der Waals surface area contributed by atoms with E-state index in [9.17, 15) is 9.59 Å². The van der Waals surface area contributed by atoms with Crippen LogP contribution in [0.4, 0.5) is 0 Å². The maximum Gasteiger partial charge on any atom is 0.327 e. The van der Waals surface area contributed by atoms with Crippen LogP contribution in [0, 0.1) is 0 Å². The van der Waals surface area contributed by atoms with Crippen molar-refractivity contribution in [2.45, 2.75) is 12.5 Å². The van der Waals surface area contributed by atoms with Gasteiger partial charge < -0.3 is 15.9 Å². The first-order valence-corrected chi connectivity index (χ1v) is 4.85. The van der Waals surface area contributed by atoms with Gasteiger partial charge in [0, 0.05) is 6.08 Å². The summed E-state index contributed by atoms with van der Waals surface area (Å²) in [5, 5.41) is 16.1. The highest BCUT2D eigenvalue weighted by molar-refractivity contribution is 5.78. The van der Waals surface area contributed by atoms with Gasteiger partial charge in [-0.2, -0.15) is 0 Å². The van der Waals surface area contributed by atoms with Gasteiger partial charge in [0.05, 0.1) is 0 Å². The zero-order chi connectivity index (χ0) is 13.3. The lowest BCUT2D eigenvalue weighted by Crippen LogP contribution is -2.32. The van der Waals surface area contributed by atoms with E-state index in [0.29, 0.717) is 6.42 Å². The van der Waals surface area contributed by atoms with Crippen LogP contribution in [0.3, 0.4) is 0 Å². The Kier molecular flexibility index (Phi) is 7.05. The van der Waals surface area contributed by atoms with Crippen molar-refractivity contribution < 1.29 is 19.8 Å². The number of rotatable bonds is 4. The van der Waals surface area contributed by atoms with Gasteiger partial charge in [0.15, 0.2) is 0 Å². The van der Waals surface area contributed by atoms with Gasteiger partial charge in [0.1, 0.15) is 6.04 Å². The standard InChI is InChI=1S/C9H11NO2.C3H4O2/c10-8(9(11)12)6-7-4-2-1-3-5-7;1-2-3(4)5/h1-5,8H,6,10H2,(H,11,12);2H,1H2,(H,4,5). The van der Waals surface area contributed by atoms with Gasteiger partial charge in [0.25, 0.3) is 0 Å². The maximum atomic E-state index is 10.4. The largest absolute Gasteiger partial charge is 0.480 e. The Balaban J connectivity index is 0.000000437. The molecule has 17 heavy (non-hydrogen) atoms. The summed E-state index contributed by atoms with van der Waals surface area (Å²) in [5.74, 6) is -1.94. The lowest BCUT2D eigenvalue weighted by molar-refractivity contribution is -0.138. The van der Waals surface area contributed by atoms with Gasteiger partial charge in [-0.25, -0.2) is 4.79 Å². The molecule has 0 saturated heterocycles. The van der Waals surface area contributed by atoms with Crippen LogP contribution in [0.1, 0.15) is 5.56 Å². The molecule has 5 nitrogen and oxygen atoms in total. The summed E-state index contributed by atoms with van der Waals surface area (Å²) in [6.45, 7) is 2.96. The first-order chi connectivity index (χ1) is 7.97. The molecule has 0 fully saturated rings. The minimum Gasteiger partial charge on any atom is -0.480 e. The van der Waals surface area contributed by atoms with Crippen LogP contribution < -0.4 is 5.73 Å². The molecule has 0 aliphatic heterocycles. The Bertz CT molecular complexity index is 375. The van der Waals surface area contributed by atoms with Crippen LogP contribution in [0.2, 0.25) is 0 Å². The molecule has 0 aliphatic carbocycles. The van der Waals surface area contributed by atoms with Gasteiger partial charge in [-0.05, 0) is 12.0 Å². The van der Waals surface area contributed by atoms with E-state index >= 15 is 0 Å². The third-order valence-electron chi connectivity index (χ3n) is 1.79.